The second-order valence-corrected chi connectivity index (χ2v) is 1.89. The van der Waals surface area contributed by atoms with Gasteiger partial charge in [-0.05, 0) is 6.07 Å². The summed E-state index contributed by atoms with van der Waals surface area (Å²) in [5.41, 5.74) is -0.291. The molecular weight excluding hydrogens is 149 g/mol. The van der Waals surface area contributed by atoms with Crippen molar-refractivity contribution in [2.24, 2.45) is 0 Å². The fourth-order valence-corrected chi connectivity index (χ4v) is 0.652. The molecule has 4 heteroatoms. The monoisotopic (exact) mass is 157 g/mol. The van der Waals surface area contributed by atoms with Crippen LogP contribution in [0.15, 0.2) is 29.2 Å². The van der Waals surface area contributed by atoms with E-state index in [9.17, 15) is 9.18 Å². The Balaban J connectivity index is 2.70. The molecule has 1 rings (SSSR count). The fourth-order valence-electron chi connectivity index (χ4n) is 0.652. The van der Waals surface area contributed by atoms with E-state index in [-0.39, 0.29) is 12.2 Å². The van der Waals surface area contributed by atoms with E-state index in [1.807, 2.05) is 0 Å². The summed E-state index contributed by atoms with van der Waals surface area (Å²) < 4.78 is 12.6. The minimum atomic E-state index is -0.596. The van der Waals surface area contributed by atoms with Crippen LogP contribution in [0, 0.1) is 0 Å². The van der Waals surface area contributed by atoms with Crippen LogP contribution >= 0.6 is 0 Å². The smallest absolute Gasteiger partial charge is 0.282 e. The third-order valence-electron chi connectivity index (χ3n) is 1.10. The summed E-state index contributed by atoms with van der Waals surface area (Å²) in [7, 11) is 0. The maximum Gasteiger partial charge on any atom is 0.282 e. The highest BCUT2D eigenvalue weighted by molar-refractivity contribution is 4.91. The number of alkyl halides is 1. The average Bonchev–Trinajstić information content (AvgIpc) is 2.03. The van der Waals surface area contributed by atoms with Crippen LogP contribution in [-0.2, 0) is 0 Å². The number of rotatable bonds is 3. The van der Waals surface area contributed by atoms with E-state index in [4.69, 9.17) is 4.84 Å². The van der Waals surface area contributed by atoms with Gasteiger partial charge in [0, 0.05) is 12.3 Å². The Morgan fingerprint density at radius 3 is 3.00 bits per heavy atom. The zero-order valence-corrected chi connectivity index (χ0v) is 5.87. The molecule has 0 radical (unpaired) electrons. The van der Waals surface area contributed by atoms with Crippen molar-refractivity contribution in [2.75, 3.05) is 13.3 Å². The van der Waals surface area contributed by atoms with Crippen LogP contribution in [0.2, 0.25) is 0 Å². The first kappa shape index (κ1) is 7.78. The van der Waals surface area contributed by atoms with Crippen molar-refractivity contribution >= 4 is 0 Å². The van der Waals surface area contributed by atoms with Gasteiger partial charge in [-0.1, -0.05) is 6.07 Å². The molecule has 0 aromatic carbocycles. The van der Waals surface area contributed by atoms with Crippen molar-refractivity contribution in [3.05, 3.63) is 34.7 Å². The van der Waals surface area contributed by atoms with E-state index in [2.05, 4.69) is 0 Å². The Kier molecular flexibility index (Phi) is 2.66. The highest BCUT2D eigenvalue weighted by Crippen LogP contribution is 1.77. The van der Waals surface area contributed by atoms with Gasteiger partial charge in [-0.25, -0.2) is 4.39 Å². The van der Waals surface area contributed by atoms with Gasteiger partial charge in [0.25, 0.3) is 5.56 Å². The van der Waals surface area contributed by atoms with Gasteiger partial charge in [-0.15, -0.1) is 0 Å². The number of hydrogen-bond acceptors (Lipinski definition) is 2. The Labute approximate surface area is 63.0 Å². The quantitative estimate of drug-likeness (QED) is 0.629. The van der Waals surface area contributed by atoms with Gasteiger partial charge in [0.2, 0.25) is 0 Å². The van der Waals surface area contributed by atoms with Crippen LogP contribution in [0.4, 0.5) is 4.39 Å². The largest absolute Gasteiger partial charge is 0.408 e. The molecule has 0 saturated carbocycles. The lowest BCUT2D eigenvalue weighted by Gasteiger charge is -2.03. The van der Waals surface area contributed by atoms with E-state index in [0.717, 1.165) is 4.73 Å². The molecule has 0 aliphatic heterocycles. The van der Waals surface area contributed by atoms with Gasteiger partial charge in [-0.2, -0.15) is 4.73 Å². The molecule has 0 fully saturated rings. The van der Waals surface area contributed by atoms with Gasteiger partial charge in [0.15, 0.2) is 0 Å². The zero-order valence-electron chi connectivity index (χ0n) is 5.87. The summed E-state index contributed by atoms with van der Waals surface area (Å²) in [6.45, 7) is -0.689. The molecule has 1 aromatic heterocycles. The molecule has 0 atom stereocenters. The Morgan fingerprint density at radius 2 is 2.36 bits per heavy atom. The first-order chi connectivity index (χ1) is 5.34. The predicted molar refractivity (Wildman–Crippen MR) is 38.1 cm³/mol. The lowest BCUT2D eigenvalue weighted by molar-refractivity contribution is 0.0900. The summed E-state index contributed by atoms with van der Waals surface area (Å²) in [6.07, 6.45) is 1.44. The Hall–Kier alpha value is -1.32. The number of aromatic nitrogens is 1. The van der Waals surface area contributed by atoms with E-state index in [1.165, 1.54) is 12.3 Å². The van der Waals surface area contributed by atoms with Crippen LogP contribution in [0.5, 0.6) is 0 Å². The molecular formula is C7H8FNO2. The molecule has 0 saturated heterocycles. The van der Waals surface area contributed by atoms with Crippen LogP contribution in [0.25, 0.3) is 0 Å². The molecule has 0 N–H and O–H groups in total. The summed E-state index contributed by atoms with van der Waals surface area (Å²) in [6, 6.07) is 4.58. The molecule has 11 heavy (non-hydrogen) atoms. The molecule has 1 aromatic rings. The van der Waals surface area contributed by atoms with Crippen LogP contribution < -0.4 is 10.4 Å². The second-order valence-electron chi connectivity index (χ2n) is 1.89. The van der Waals surface area contributed by atoms with Crippen molar-refractivity contribution in [1.29, 1.82) is 0 Å². The van der Waals surface area contributed by atoms with E-state index < -0.39 is 6.67 Å². The SMILES string of the molecule is O=c1ccccn1OCCF. The summed E-state index contributed by atoms with van der Waals surface area (Å²) in [4.78, 5) is 15.6. The molecule has 0 amide bonds. The van der Waals surface area contributed by atoms with Crippen molar-refractivity contribution in [3.8, 4) is 0 Å². The standard InChI is InChI=1S/C7H8FNO2/c8-4-6-11-9-5-2-1-3-7(9)10/h1-3,5H,4,6H2. The minimum Gasteiger partial charge on any atom is -0.408 e. The molecule has 3 nitrogen and oxygen atoms in total. The third kappa shape index (κ3) is 2.07. The molecule has 0 bridgehead atoms. The highest BCUT2D eigenvalue weighted by Gasteiger charge is 1.91. The van der Waals surface area contributed by atoms with Crippen LogP contribution in [0.3, 0.4) is 0 Å². The maximum atomic E-state index is 11.6. The normalized spacial score (nSPS) is 9.55. The Morgan fingerprint density at radius 1 is 1.55 bits per heavy atom. The highest BCUT2D eigenvalue weighted by atomic mass is 19.1. The lowest BCUT2D eigenvalue weighted by Crippen LogP contribution is -2.26. The molecule has 1 heterocycles. The fraction of sp³-hybridized carbons (Fsp3) is 0.286. The average molecular weight is 157 g/mol. The van der Waals surface area contributed by atoms with E-state index in [1.54, 1.807) is 12.1 Å². The molecule has 60 valence electrons. The van der Waals surface area contributed by atoms with Gasteiger partial charge in [0.05, 0.1) is 0 Å². The second kappa shape index (κ2) is 3.75. The topological polar surface area (TPSA) is 31.2 Å². The van der Waals surface area contributed by atoms with Crippen molar-refractivity contribution in [2.45, 2.75) is 0 Å². The number of nitrogens with zero attached hydrogens (tertiary/aromatic N) is 1. The van der Waals surface area contributed by atoms with E-state index in [0.29, 0.717) is 0 Å². The zero-order chi connectivity index (χ0) is 8.10. The third-order valence-corrected chi connectivity index (χ3v) is 1.10. The van der Waals surface area contributed by atoms with Crippen LogP contribution in [0.1, 0.15) is 0 Å². The van der Waals surface area contributed by atoms with E-state index >= 15 is 0 Å². The van der Waals surface area contributed by atoms with Gasteiger partial charge in [0.1, 0.15) is 13.3 Å². The summed E-state index contributed by atoms with van der Waals surface area (Å²) >= 11 is 0. The predicted octanol–water partition coefficient (Wildman–Crippen LogP) is 0.246. The van der Waals surface area contributed by atoms with Crippen molar-refractivity contribution < 1.29 is 9.23 Å². The summed E-state index contributed by atoms with van der Waals surface area (Å²) in [5, 5.41) is 0. The van der Waals surface area contributed by atoms with Crippen molar-refractivity contribution in [1.82, 2.24) is 4.73 Å². The number of halogens is 1. The van der Waals surface area contributed by atoms with Crippen molar-refractivity contribution in [3.63, 3.8) is 0 Å². The molecule has 0 aliphatic carbocycles. The number of hydrogen-bond donors (Lipinski definition) is 0. The first-order valence-electron chi connectivity index (χ1n) is 3.21. The lowest BCUT2D eigenvalue weighted by atomic mass is 10.5. The minimum absolute atomic E-state index is 0.0933. The molecule has 0 spiro atoms. The number of pyridine rings is 1. The molecule has 0 unspecified atom stereocenters. The molecule has 0 aliphatic rings. The maximum absolute atomic E-state index is 11.6. The van der Waals surface area contributed by atoms with Gasteiger partial charge in [-0.3, -0.25) is 4.79 Å². The Bertz CT molecular complexity index is 271. The van der Waals surface area contributed by atoms with Gasteiger partial charge >= 0.3 is 0 Å². The van der Waals surface area contributed by atoms with Gasteiger partial charge < -0.3 is 4.84 Å². The first-order valence-corrected chi connectivity index (χ1v) is 3.21. The van der Waals surface area contributed by atoms with Crippen LogP contribution in [-0.4, -0.2) is 18.0 Å². The summed E-state index contributed by atoms with van der Waals surface area (Å²) in [5.74, 6) is 0.